The molecule has 0 radical (unpaired) electrons. The van der Waals surface area contributed by atoms with Gasteiger partial charge in [-0.3, -0.25) is 0 Å². The van der Waals surface area contributed by atoms with Crippen LogP contribution in [0.3, 0.4) is 0 Å². The molecule has 0 saturated carbocycles. The van der Waals surface area contributed by atoms with Gasteiger partial charge in [0.2, 0.25) is 0 Å². The quantitative estimate of drug-likeness (QED) is 0.778. The molecule has 0 spiro atoms. The van der Waals surface area contributed by atoms with E-state index in [4.69, 9.17) is 0 Å². The van der Waals surface area contributed by atoms with E-state index in [0.29, 0.717) is 11.7 Å². The number of rotatable bonds is 3. The van der Waals surface area contributed by atoms with Crippen LogP contribution in [0.5, 0.6) is 5.75 Å². The highest BCUT2D eigenvalue weighted by molar-refractivity contribution is 5.43. The maximum Gasteiger partial charge on any atom is 0.115 e. The van der Waals surface area contributed by atoms with Crippen LogP contribution in [0.25, 0.3) is 0 Å². The van der Waals surface area contributed by atoms with Crippen molar-refractivity contribution in [2.24, 2.45) is 5.92 Å². The van der Waals surface area contributed by atoms with Gasteiger partial charge in [0.05, 0.1) is 0 Å². The van der Waals surface area contributed by atoms with E-state index in [9.17, 15) is 5.11 Å². The summed E-state index contributed by atoms with van der Waals surface area (Å²) in [6, 6.07) is 7.47. The Balaban J connectivity index is 2.27. The molecule has 1 aromatic rings. The molecular weight excluding hydrogens is 220 g/mol. The Kier molecular flexibility index (Phi) is 3.42. The molecule has 1 heteroatoms. The molecule has 0 fully saturated rings. The van der Waals surface area contributed by atoms with Gasteiger partial charge in [0.15, 0.2) is 0 Å². The van der Waals surface area contributed by atoms with Crippen LogP contribution in [0, 0.1) is 5.92 Å². The highest BCUT2D eigenvalue weighted by atomic mass is 16.3. The molecule has 0 saturated heterocycles. The molecule has 1 nitrogen and oxygen atoms in total. The van der Waals surface area contributed by atoms with Crippen LogP contribution in [0.1, 0.15) is 25.8 Å². The second kappa shape index (κ2) is 4.85. The van der Waals surface area contributed by atoms with Crippen LogP contribution in [-0.2, 0) is 5.41 Å². The third kappa shape index (κ3) is 2.40. The zero-order chi connectivity index (χ0) is 13.2. The van der Waals surface area contributed by atoms with Gasteiger partial charge in [-0.1, -0.05) is 50.3 Å². The smallest absolute Gasteiger partial charge is 0.115 e. The van der Waals surface area contributed by atoms with Gasteiger partial charge in [-0.05, 0) is 35.6 Å². The Morgan fingerprint density at radius 1 is 1.28 bits per heavy atom. The predicted molar refractivity (Wildman–Crippen MR) is 76.7 cm³/mol. The highest BCUT2D eigenvalue weighted by Crippen LogP contribution is 2.35. The Morgan fingerprint density at radius 3 is 2.44 bits per heavy atom. The molecule has 2 rings (SSSR count). The molecule has 1 aliphatic carbocycles. The number of benzene rings is 1. The first-order valence-electron chi connectivity index (χ1n) is 6.35. The van der Waals surface area contributed by atoms with Gasteiger partial charge in [0.1, 0.15) is 5.75 Å². The first-order valence-corrected chi connectivity index (χ1v) is 6.35. The summed E-state index contributed by atoms with van der Waals surface area (Å²) in [5.74, 6) is 0.777. The number of phenolic OH excluding ortho intramolecular Hbond substituents is 1. The van der Waals surface area contributed by atoms with Crippen LogP contribution >= 0.6 is 0 Å². The fraction of sp³-hybridized carbons (Fsp3) is 0.294. The summed E-state index contributed by atoms with van der Waals surface area (Å²) >= 11 is 0. The van der Waals surface area contributed by atoms with Crippen molar-refractivity contribution in [2.75, 3.05) is 0 Å². The fourth-order valence-electron chi connectivity index (χ4n) is 2.32. The molecule has 1 atom stereocenters. The van der Waals surface area contributed by atoms with Crippen LogP contribution in [0.4, 0.5) is 0 Å². The van der Waals surface area contributed by atoms with Crippen molar-refractivity contribution in [1.82, 2.24) is 0 Å². The van der Waals surface area contributed by atoms with E-state index >= 15 is 0 Å². The average molecular weight is 240 g/mol. The molecule has 1 aromatic carbocycles. The Morgan fingerprint density at radius 2 is 1.94 bits per heavy atom. The van der Waals surface area contributed by atoms with Crippen molar-refractivity contribution < 1.29 is 5.11 Å². The van der Waals surface area contributed by atoms with Crippen LogP contribution in [-0.4, -0.2) is 5.11 Å². The topological polar surface area (TPSA) is 20.2 Å². The van der Waals surface area contributed by atoms with Gasteiger partial charge in [-0.25, -0.2) is 0 Å². The summed E-state index contributed by atoms with van der Waals surface area (Å²) in [6.45, 7) is 8.26. The van der Waals surface area contributed by atoms with E-state index in [1.165, 1.54) is 11.1 Å². The van der Waals surface area contributed by atoms with Gasteiger partial charge in [-0.2, -0.15) is 0 Å². The Labute approximate surface area is 109 Å². The van der Waals surface area contributed by atoms with Gasteiger partial charge < -0.3 is 5.11 Å². The summed E-state index contributed by atoms with van der Waals surface area (Å²) < 4.78 is 0. The molecule has 1 aliphatic rings. The number of phenols is 1. The first kappa shape index (κ1) is 12.7. The van der Waals surface area contributed by atoms with E-state index < -0.39 is 0 Å². The summed E-state index contributed by atoms with van der Waals surface area (Å²) in [6.07, 6.45) is 9.71. The lowest BCUT2D eigenvalue weighted by Crippen LogP contribution is -2.20. The third-order valence-electron chi connectivity index (χ3n) is 3.75. The first-order chi connectivity index (χ1) is 8.54. The van der Waals surface area contributed by atoms with Gasteiger partial charge in [-0.15, -0.1) is 6.58 Å². The molecule has 0 heterocycles. The van der Waals surface area contributed by atoms with Crippen molar-refractivity contribution in [3.8, 4) is 5.75 Å². The molecule has 18 heavy (non-hydrogen) atoms. The summed E-state index contributed by atoms with van der Waals surface area (Å²) in [4.78, 5) is 0. The monoisotopic (exact) mass is 240 g/mol. The summed E-state index contributed by atoms with van der Waals surface area (Å²) in [5, 5.41) is 9.36. The van der Waals surface area contributed by atoms with Gasteiger partial charge in [0, 0.05) is 5.41 Å². The standard InChI is InChI=1S/C17H20O/c1-4-13-5-7-14(8-6-13)17(2,3)15-9-11-16(18)12-10-15/h4-5,7-13,18H,1,6H2,2-3H3. The predicted octanol–water partition coefficient (Wildman–Crippen LogP) is 4.36. The minimum Gasteiger partial charge on any atom is -0.508 e. The molecule has 0 aliphatic heterocycles. The Hall–Kier alpha value is -1.76. The number of hydrogen-bond donors (Lipinski definition) is 1. The van der Waals surface area contributed by atoms with Crippen molar-refractivity contribution in [2.45, 2.75) is 25.7 Å². The number of aromatic hydroxyl groups is 1. The molecular formula is C17H20O. The van der Waals surface area contributed by atoms with E-state index in [-0.39, 0.29) is 5.41 Å². The van der Waals surface area contributed by atoms with Crippen molar-refractivity contribution in [1.29, 1.82) is 0 Å². The maximum atomic E-state index is 9.36. The van der Waals surface area contributed by atoms with E-state index in [1.807, 2.05) is 18.2 Å². The van der Waals surface area contributed by atoms with Gasteiger partial charge in [0.25, 0.3) is 0 Å². The molecule has 1 unspecified atom stereocenters. The maximum absolute atomic E-state index is 9.36. The van der Waals surface area contributed by atoms with E-state index in [1.54, 1.807) is 12.1 Å². The minimum absolute atomic E-state index is 0.0314. The van der Waals surface area contributed by atoms with Gasteiger partial charge >= 0.3 is 0 Å². The lowest BCUT2D eigenvalue weighted by Gasteiger charge is -2.29. The minimum atomic E-state index is -0.0314. The lowest BCUT2D eigenvalue weighted by molar-refractivity contribution is 0.474. The molecule has 0 aromatic heterocycles. The Bertz CT molecular complexity index is 489. The highest BCUT2D eigenvalue weighted by Gasteiger charge is 2.25. The average Bonchev–Trinajstić information content (AvgIpc) is 2.39. The van der Waals surface area contributed by atoms with E-state index in [2.05, 4.69) is 38.7 Å². The van der Waals surface area contributed by atoms with Crippen LogP contribution < -0.4 is 0 Å². The fourth-order valence-corrected chi connectivity index (χ4v) is 2.32. The van der Waals surface area contributed by atoms with Crippen LogP contribution in [0.15, 0.2) is 60.7 Å². The largest absolute Gasteiger partial charge is 0.508 e. The summed E-state index contributed by atoms with van der Waals surface area (Å²) in [5.41, 5.74) is 2.51. The molecule has 0 amide bonds. The normalized spacial score (nSPS) is 19.4. The van der Waals surface area contributed by atoms with Crippen molar-refractivity contribution >= 4 is 0 Å². The molecule has 94 valence electrons. The van der Waals surface area contributed by atoms with Crippen molar-refractivity contribution in [3.63, 3.8) is 0 Å². The lowest BCUT2D eigenvalue weighted by atomic mass is 9.75. The second-order valence-electron chi connectivity index (χ2n) is 5.33. The van der Waals surface area contributed by atoms with Crippen molar-refractivity contribution in [3.05, 3.63) is 66.3 Å². The van der Waals surface area contributed by atoms with E-state index in [0.717, 1.165) is 6.42 Å². The molecule has 0 bridgehead atoms. The zero-order valence-electron chi connectivity index (χ0n) is 11.1. The zero-order valence-corrected chi connectivity index (χ0v) is 11.1. The van der Waals surface area contributed by atoms with Crippen LogP contribution in [0.2, 0.25) is 0 Å². The number of allylic oxidation sites excluding steroid dienone is 5. The SMILES string of the molecule is C=CC1C=CC(C(C)(C)c2ccc(O)cc2)=CC1. The molecule has 1 N–H and O–H groups in total. The second-order valence-corrected chi connectivity index (χ2v) is 5.33. The summed E-state index contributed by atoms with van der Waals surface area (Å²) in [7, 11) is 0. The number of hydrogen-bond acceptors (Lipinski definition) is 1. The third-order valence-corrected chi connectivity index (χ3v) is 3.75.